The molecular weight excluding hydrogens is 303 g/mol. The highest BCUT2D eigenvalue weighted by Crippen LogP contribution is 2.21. The SMILES string of the molecule is C[C@H]1CC[C@@H](C(=O)N2CCC[C@H]2C#N)N1.O=C(O)C(F)(F)F. The molecule has 0 aliphatic carbocycles. The first kappa shape index (κ1) is 18.2. The quantitative estimate of drug-likeness (QED) is 0.759. The molecule has 0 radical (unpaired) electrons. The van der Waals surface area contributed by atoms with Crippen LogP contribution in [0, 0.1) is 11.3 Å². The fourth-order valence-electron chi connectivity index (χ4n) is 2.49. The summed E-state index contributed by atoms with van der Waals surface area (Å²) in [6.45, 7) is 2.85. The van der Waals surface area contributed by atoms with E-state index in [0.29, 0.717) is 6.04 Å². The predicted molar refractivity (Wildman–Crippen MR) is 69.7 cm³/mol. The van der Waals surface area contributed by atoms with E-state index >= 15 is 0 Å². The van der Waals surface area contributed by atoms with Crippen molar-refractivity contribution in [1.29, 1.82) is 5.26 Å². The molecule has 0 aromatic rings. The van der Waals surface area contributed by atoms with Gasteiger partial charge in [0.25, 0.3) is 0 Å². The Bertz CT molecular complexity index is 462. The van der Waals surface area contributed by atoms with E-state index in [1.165, 1.54) is 0 Å². The van der Waals surface area contributed by atoms with Gasteiger partial charge in [0, 0.05) is 12.6 Å². The van der Waals surface area contributed by atoms with Gasteiger partial charge in [0.15, 0.2) is 0 Å². The summed E-state index contributed by atoms with van der Waals surface area (Å²) in [6.07, 6.45) is -1.31. The first-order valence-corrected chi connectivity index (χ1v) is 6.93. The van der Waals surface area contributed by atoms with Gasteiger partial charge in [0.2, 0.25) is 5.91 Å². The van der Waals surface area contributed by atoms with Gasteiger partial charge in [0.1, 0.15) is 6.04 Å². The summed E-state index contributed by atoms with van der Waals surface area (Å²) in [7, 11) is 0. The predicted octanol–water partition coefficient (Wildman–Crippen LogP) is 1.27. The van der Waals surface area contributed by atoms with Gasteiger partial charge in [-0.25, -0.2) is 4.79 Å². The zero-order valence-electron chi connectivity index (χ0n) is 12.1. The molecule has 0 aromatic carbocycles. The van der Waals surface area contributed by atoms with Crippen molar-refractivity contribution in [2.45, 2.75) is 56.9 Å². The van der Waals surface area contributed by atoms with Gasteiger partial charge < -0.3 is 15.3 Å². The summed E-state index contributed by atoms with van der Waals surface area (Å²) >= 11 is 0. The first-order valence-electron chi connectivity index (χ1n) is 6.93. The second-order valence-electron chi connectivity index (χ2n) is 5.32. The third kappa shape index (κ3) is 4.87. The monoisotopic (exact) mass is 321 g/mol. The van der Waals surface area contributed by atoms with Gasteiger partial charge in [0.05, 0.1) is 12.1 Å². The van der Waals surface area contributed by atoms with Gasteiger partial charge in [-0.05, 0) is 32.6 Å². The van der Waals surface area contributed by atoms with Gasteiger partial charge in [-0.1, -0.05) is 0 Å². The maximum Gasteiger partial charge on any atom is 0.490 e. The first-order chi connectivity index (χ1) is 10.2. The Labute approximate surface area is 125 Å². The van der Waals surface area contributed by atoms with Crippen molar-refractivity contribution in [3.05, 3.63) is 0 Å². The van der Waals surface area contributed by atoms with Crippen LogP contribution in [-0.2, 0) is 9.59 Å². The number of hydrogen-bond acceptors (Lipinski definition) is 4. The fraction of sp³-hybridized carbons (Fsp3) is 0.769. The summed E-state index contributed by atoms with van der Waals surface area (Å²) in [5.41, 5.74) is 0. The van der Waals surface area contributed by atoms with E-state index in [4.69, 9.17) is 15.2 Å². The zero-order valence-corrected chi connectivity index (χ0v) is 12.1. The molecular formula is C13H18F3N3O3. The van der Waals surface area contributed by atoms with Gasteiger partial charge >= 0.3 is 12.1 Å². The number of alkyl halides is 3. The van der Waals surface area contributed by atoms with E-state index in [2.05, 4.69) is 18.3 Å². The van der Waals surface area contributed by atoms with Crippen LogP contribution in [0.1, 0.15) is 32.6 Å². The van der Waals surface area contributed by atoms with Gasteiger partial charge in [-0.2, -0.15) is 18.4 Å². The Morgan fingerprint density at radius 2 is 1.91 bits per heavy atom. The molecule has 2 saturated heterocycles. The molecule has 1 amide bonds. The van der Waals surface area contributed by atoms with Crippen LogP contribution in [0.4, 0.5) is 13.2 Å². The summed E-state index contributed by atoms with van der Waals surface area (Å²) in [5, 5.41) is 19.3. The molecule has 3 atom stereocenters. The van der Waals surface area contributed by atoms with Crippen LogP contribution in [0.5, 0.6) is 0 Å². The molecule has 0 bridgehead atoms. The fourth-order valence-corrected chi connectivity index (χ4v) is 2.49. The average Bonchev–Trinajstić information content (AvgIpc) is 3.05. The molecule has 22 heavy (non-hydrogen) atoms. The van der Waals surface area contributed by atoms with Crippen LogP contribution in [-0.4, -0.2) is 52.7 Å². The summed E-state index contributed by atoms with van der Waals surface area (Å²) in [4.78, 5) is 22.7. The van der Waals surface area contributed by atoms with Crippen LogP contribution in [0.2, 0.25) is 0 Å². The van der Waals surface area contributed by atoms with Crippen molar-refractivity contribution in [3.8, 4) is 6.07 Å². The minimum Gasteiger partial charge on any atom is -0.475 e. The number of nitrogens with zero attached hydrogens (tertiary/aromatic N) is 2. The number of amides is 1. The van der Waals surface area contributed by atoms with Crippen LogP contribution < -0.4 is 5.32 Å². The number of rotatable bonds is 1. The molecule has 6 nitrogen and oxygen atoms in total. The van der Waals surface area contributed by atoms with Crippen molar-refractivity contribution in [2.75, 3.05) is 6.54 Å². The van der Waals surface area contributed by atoms with E-state index in [-0.39, 0.29) is 18.0 Å². The lowest BCUT2D eigenvalue weighted by atomic mass is 10.1. The van der Waals surface area contributed by atoms with Crippen molar-refractivity contribution >= 4 is 11.9 Å². The maximum atomic E-state index is 12.1. The molecule has 2 N–H and O–H groups in total. The minimum atomic E-state index is -5.08. The number of aliphatic carboxylic acids is 1. The second-order valence-corrected chi connectivity index (χ2v) is 5.32. The summed E-state index contributed by atoms with van der Waals surface area (Å²) in [5.74, 6) is -2.63. The smallest absolute Gasteiger partial charge is 0.475 e. The largest absolute Gasteiger partial charge is 0.490 e. The van der Waals surface area contributed by atoms with Gasteiger partial charge in [-0.3, -0.25) is 4.79 Å². The molecule has 2 rings (SSSR count). The second kappa shape index (κ2) is 7.45. The van der Waals surface area contributed by atoms with E-state index < -0.39 is 12.1 Å². The van der Waals surface area contributed by atoms with Crippen molar-refractivity contribution in [2.24, 2.45) is 0 Å². The number of likely N-dealkylation sites (tertiary alicyclic amines) is 1. The zero-order chi connectivity index (χ0) is 16.9. The molecule has 0 aromatic heterocycles. The lowest BCUT2D eigenvalue weighted by Crippen LogP contribution is -2.46. The number of hydrogen-bond donors (Lipinski definition) is 2. The third-order valence-electron chi connectivity index (χ3n) is 3.60. The Morgan fingerprint density at radius 3 is 2.32 bits per heavy atom. The van der Waals surface area contributed by atoms with Crippen LogP contribution in [0.3, 0.4) is 0 Å². The summed E-state index contributed by atoms with van der Waals surface area (Å²) < 4.78 is 31.7. The van der Waals surface area contributed by atoms with Crippen LogP contribution >= 0.6 is 0 Å². The summed E-state index contributed by atoms with van der Waals surface area (Å²) in [6, 6.07) is 2.41. The molecule has 0 saturated carbocycles. The Kier molecular flexibility index (Phi) is 6.17. The third-order valence-corrected chi connectivity index (χ3v) is 3.60. The van der Waals surface area contributed by atoms with Crippen LogP contribution in [0.25, 0.3) is 0 Å². The van der Waals surface area contributed by atoms with E-state index in [1.54, 1.807) is 4.90 Å². The standard InChI is InChI=1S/C11H17N3O.C2HF3O2/c1-8-4-5-10(13-8)11(15)14-6-2-3-9(14)7-12;3-2(4,5)1(6)7/h8-10,13H,2-6H2,1H3;(H,6,7)/t8-,9-,10-;/m0./s1. The number of nitrogens with one attached hydrogen (secondary N) is 1. The number of carbonyl (C=O) groups excluding carboxylic acids is 1. The molecule has 2 aliphatic heterocycles. The normalized spacial score (nSPS) is 27.8. The number of carbonyl (C=O) groups is 2. The number of carboxylic acid groups (broad SMARTS) is 1. The Balaban J connectivity index is 0.000000295. The Hall–Kier alpha value is -1.82. The lowest BCUT2D eigenvalue weighted by Gasteiger charge is -2.23. The molecule has 124 valence electrons. The minimum absolute atomic E-state index is 0.0473. The molecule has 2 aliphatic rings. The molecule has 9 heteroatoms. The highest BCUT2D eigenvalue weighted by atomic mass is 19.4. The topological polar surface area (TPSA) is 93.4 Å². The highest BCUT2D eigenvalue weighted by molar-refractivity contribution is 5.83. The van der Waals surface area contributed by atoms with Crippen molar-refractivity contribution < 1.29 is 27.9 Å². The maximum absolute atomic E-state index is 12.1. The van der Waals surface area contributed by atoms with Crippen LogP contribution in [0.15, 0.2) is 0 Å². The lowest BCUT2D eigenvalue weighted by molar-refractivity contribution is -0.192. The van der Waals surface area contributed by atoms with Crippen molar-refractivity contribution in [3.63, 3.8) is 0 Å². The van der Waals surface area contributed by atoms with Gasteiger partial charge in [-0.15, -0.1) is 0 Å². The number of carboxylic acids is 1. The van der Waals surface area contributed by atoms with Crippen molar-refractivity contribution in [1.82, 2.24) is 10.2 Å². The molecule has 0 spiro atoms. The number of nitriles is 1. The Morgan fingerprint density at radius 1 is 1.32 bits per heavy atom. The molecule has 0 unspecified atom stereocenters. The van der Waals surface area contributed by atoms with E-state index in [1.807, 2.05) is 0 Å². The number of halogens is 3. The highest BCUT2D eigenvalue weighted by Gasteiger charge is 2.38. The van der Waals surface area contributed by atoms with E-state index in [0.717, 1.165) is 32.2 Å². The van der Waals surface area contributed by atoms with E-state index in [9.17, 15) is 18.0 Å². The molecule has 2 fully saturated rings. The average molecular weight is 321 g/mol. The molecule has 2 heterocycles.